The van der Waals surface area contributed by atoms with Crippen LogP contribution in [0.25, 0.3) is 0 Å². The Morgan fingerprint density at radius 1 is 1.26 bits per heavy atom. The fourth-order valence-corrected chi connectivity index (χ4v) is 1.88. The highest BCUT2D eigenvalue weighted by Gasteiger charge is 2.10. The van der Waals surface area contributed by atoms with Crippen LogP contribution in [0.3, 0.4) is 0 Å². The summed E-state index contributed by atoms with van der Waals surface area (Å²) in [5, 5.41) is 14.7. The van der Waals surface area contributed by atoms with Crippen molar-refractivity contribution in [2.24, 2.45) is 0 Å². The molecule has 0 aliphatic carbocycles. The summed E-state index contributed by atoms with van der Waals surface area (Å²) >= 11 is 0. The molecule has 2 rings (SSSR count). The number of hydrogen-bond donors (Lipinski definition) is 3. The molecule has 0 bridgehead atoms. The fourth-order valence-electron chi connectivity index (χ4n) is 1.88. The molecule has 7 heteroatoms. The number of aliphatic hydroxyl groups excluding tert-OH is 1. The minimum atomic E-state index is -1.08. The van der Waals surface area contributed by atoms with Gasteiger partial charge in [0.2, 0.25) is 0 Å². The molecule has 5 nitrogen and oxygen atoms in total. The molecule has 23 heavy (non-hydrogen) atoms. The summed E-state index contributed by atoms with van der Waals surface area (Å²) in [6.07, 6.45) is 2.18. The zero-order valence-corrected chi connectivity index (χ0v) is 12.5. The lowest BCUT2D eigenvalue weighted by atomic mass is 10.2. The van der Waals surface area contributed by atoms with Gasteiger partial charge in [0.15, 0.2) is 11.6 Å². The van der Waals surface area contributed by atoms with E-state index in [0.717, 1.165) is 18.6 Å². The topological polar surface area (TPSA) is 74.2 Å². The van der Waals surface area contributed by atoms with Crippen molar-refractivity contribution < 1.29 is 18.7 Å². The maximum absolute atomic E-state index is 13.1. The van der Waals surface area contributed by atoms with Gasteiger partial charge in [-0.1, -0.05) is 6.92 Å². The Kier molecular flexibility index (Phi) is 5.59. The summed E-state index contributed by atoms with van der Waals surface area (Å²) in [5.74, 6) is -2.08. The Morgan fingerprint density at radius 3 is 2.61 bits per heavy atom. The largest absolute Gasteiger partial charge is 0.394 e. The van der Waals surface area contributed by atoms with Crippen LogP contribution in [0.2, 0.25) is 0 Å². The molecular formula is C16H17F2N3O2. The van der Waals surface area contributed by atoms with E-state index in [-0.39, 0.29) is 18.2 Å². The molecule has 2 aromatic rings. The third-order valence-corrected chi connectivity index (χ3v) is 3.27. The Labute approximate surface area is 132 Å². The number of anilines is 2. The van der Waals surface area contributed by atoms with Crippen LogP contribution in [-0.4, -0.2) is 28.6 Å². The van der Waals surface area contributed by atoms with Gasteiger partial charge in [-0.15, -0.1) is 0 Å². The first-order valence-corrected chi connectivity index (χ1v) is 7.13. The van der Waals surface area contributed by atoms with Crippen LogP contribution in [0.5, 0.6) is 0 Å². The van der Waals surface area contributed by atoms with E-state index in [1.165, 1.54) is 12.3 Å². The molecule has 0 radical (unpaired) electrons. The first kappa shape index (κ1) is 16.8. The quantitative estimate of drug-likeness (QED) is 0.765. The Bertz CT molecular complexity index is 674. The van der Waals surface area contributed by atoms with E-state index in [0.29, 0.717) is 11.5 Å². The molecule has 1 aromatic carbocycles. The zero-order valence-electron chi connectivity index (χ0n) is 12.5. The van der Waals surface area contributed by atoms with Crippen molar-refractivity contribution in [1.82, 2.24) is 4.98 Å². The van der Waals surface area contributed by atoms with Crippen molar-refractivity contribution in [1.29, 1.82) is 0 Å². The molecule has 3 N–H and O–H groups in total. The lowest BCUT2D eigenvalue weighted by Crippen LogP contribution is -2.23. The average molecular weight is 321 g/mol. The average Bonchev–Trinajstić information content (AvgIpc) is 2.56. The van der Waals surface area contributed by atoms with Crippen molar-refractivity contribution in [3.63, 3.8) is 0 Å². The van der Waals surface area contributed by atoms with Crippen molar-refractivity contribution in [2.75, 3.05) is 17.2 Å². The summed E-state index contributed by atoms with van der Waals surface area (Å²) in [5.41, 5.74) is 0.430. The molecule has 0 saturated carbocycles. The molecular weight excluding hydrogens is 304 g/mol. The monoisotopic (exact) mass is 321 g/mol. The Balaban J connectivity index is 2.02. The van der Waals surface area contributed by atoms with Crippen molar-refractivity contribution in [2.45, 2.75) is 19.4 Å². The molecule has 1 unspecified atom stereocenters. The maximum atomic E-state index is 13.1. The lowest BCUT2D eigenvalue weighted by molar-refractivity contribution is 0.102. The van der Waals surface area contributed by atoms with E-state index in [9.17, 15) is 13.6 Å². The number of aliphatic hydroxyl groups is 1. The number of hydrogen-bond acceptors (Lipinski definition) is 4. The normalized spacial score (nSPS) is 11.8. The molecule has 0 fully saturated rings. The predicted molar refractivity (Wildman–Crippen MR) is 83.3 cm³/mol. The molecule has 122 valence electrons. The van der Waals surface area contributed by atoms with Crippen LogP contribution >= 0.6 is 0 Å². The molecule has 1 amide bonds. The second-order valence-electron chi connectivity index (χ2n) is 4.95. The van der Waals surface area contributed by atoms with Gasteiger partial charge in [0.25, 0.3) is 5.91 Å². The number of rotatable bonds is 6. The minimum absolute atomic E-state index is 0.00714. The van der Waals surface area contributed by atoms with Crippen LogP contribution in [0.15, 0.2) is 36.5 Å². The summed E-state index contributed by atoms with van der Waals surface area (Å²) < 4.78 is 26.0. The van der Waals surface area contributed by atoms with Gasteiger partial charge >= 0.3 is 0 Å². The van der Waals surface area contributed by atoms with E-state index < -0.39 is 17.5 Å². The van der Waals surface area contributed by atoms with Crippen molar-refractivity contribution >= 4 is 17.4 Å². The molecule has 0 saturated heterocycles. The van der Waals surface area contributed by atoms with Crippen LogP contribution in [0.4, 0.5) is 20.3 Å². The fraction of sp³-hybridized carbons (Fsp3) is 0.250. The number of nitrogens with zero attached hydrogens (tertiary/aromatic N) is 1. The van der Waals surface area contributed by atoms with Crippen LogP contribution < -0.4 is 10.6 Å². The zero-order chi connectivity index (χ0) is 16.8. The highest BCUT2D eigenvalue weighted by Crippen LogP contribution is 2.14. The van der Waals surface area contributed by atoms with Crippen LogP contribution in [0.1, 0.15) is 23.7 Å². The van der Waals surface area contributed by atoms with Gasteiger partial charge in [-0.3, -0.25) is 4.79 Å². The number of benzene rings is 1. The number of nitrogens with one attached hydrogen (secondary N) is 2. The molecule has 0 aliphatic heterocycles. The predicted octanol–water partition coefficient (Wildman–Crippen LogP) is 2.79. The summed E-state index contributed by atoms with van der Waals surface area (Å²) in [6, 6.07) is 6.11. The summed E-state index contributed by atoms with van der Waals surface area (Å²) in [6.45, 7) is 1.93. The van der Waals surface area contributed by atoms with Crippen molar-refractivity contribution in [3.8, 4) is 0 Å². The van der Waals surface area contributed by atoms with Crippen LogP contribution in [0, 0.1) is 11.6 Å². The number of carbonyl (C=O) groups excluding carboxylic acids is 1. The molecule has 1 aromatic heterocycles. The summed E-state index contributed by atoms with van der Waals surface area (Å²) in [4.78, 5) is 16.1. The van der Waals surface area contributed by atoms with E-state index in [1.54, 1.807) is 12.1 Å². The first-order valence-electron chi connectivity index (χ1n) is 7.13. The molecule has 1 heterocycles. The SMILES string of the molecule is CCC(CO)Nc1ccc(NC(=O)c2ccc(F)c(F)c2)cn1. The summed E-state index contributed by atoms with van der Waals surface area (Å²) in [7, 11) is 0. The van der Waals surface area contributed by atoms with E-state index in [1.807, 2.05) is 6.92 Å². The third-order valence-electron chi connectivity index (χ3n) is 3.27. The van der Waals surface area contributed by atoms with Crippen LogP contribution in [-0.2, 0) is 0 Å². The second-order valence-corrected chi connectivity index (χ2v) is 4.95. The number of pyridine rings is 1. The van der Waals surface area contributed by atoms with Gasteiger partial charge in [-0.05, 0) is 36.8 Å². The smallest absolute Gasteiger partial charge is 0.255 e. The Morgan fingerprint density at radius 2 is 2.04 bits per heavy atom. The molecule has 0 aliphatic rings. The standard InChI is InChI=1S/C16H17F2N3O2/c1-2-11(9-22)20-15-6-4-12(8-19-15)21-16(23)10-3-5-13(17)14(18)7-10/h3-8,11,22H,2,9H2,1H3,(H,19,20)(H,21,23). The third kappa shape index (κ3) is 4.46. The Hall–Kier alpha value is -2.54. The van der Waals surface area contributed by atoms with Gasteiger partial charge in [-0.25, -0.2) is 13.8 Å². The van der Waals surface area contributed by atoms with Gasteiger partial charge in [-0.2, -0.15) is 0 Å². The second kappa shape index (κ2) is 7.64. The highest BCUT2D eigenvalue weighted by atomic mass is 19.2. The number of carbonyl (C=O) groups is 1. The minimum Gasteiger partial charge on any atom is -0.394 e. The number of halogens is 2. The van der Waals surface area contributed by atoms with Gasteiger partial charge in [0.05, 0.1) is 24.5 Å². The lowest BCUT2D eigenvalue weighted by Gasteiger charge is -2.14. The maximum Gasteiger partial charge on any atom is 0.255 e. The highest BCUT2D eigenvalue weighted by molar-refractivity contribution is 6.04. The van der Waals surface area contributed by atoms with Gasteiger partial charge < -0.3 is 15.7 Å². The van der Waals surface area contributed by atoms with Gasteiger partial charge in [0.1, 0.15) is 5.82 Å². The molecule has 1 atom stereocenters. The van der Waals surface area contributed by atoms with Crippen molar-refractivity contribution in [3.05, 3.63) is 53.7 Å². The van der Waals surface area contributed by atoms with Gasteiger partial charge in [0, 0.05) is 5.56 Å². The molecule has 0 spiro atoms. The first-order chi connectivity index (χ1) is 11.0. The van der Waals surface area contributed by atoms with E-state index in [4.69, 9.17) is 5.11 Å². The number of amides is 1. The number of aromatic nitrogens is 1. The van der Waals surface area contributed by atoms with E-state index >= 15 is 0 Å². The van der Waals surface area contributed by atoms with E-state index in [2.05, 4.69) is 15.6 Å².